The molecule has 18 heavy (non-hydrogen) atoms. The number of hydrogen-bond acceptors (Lipinski definition) is 5. The van der Waals surface area contributed by atoms with E-state index in [0.29, 0.717) is 12.1 Å². The Bertz CT molecular complexity index is 437. The van der Waals surface area contributed by atoms with Crippen molar-refractivity contribution < 1.29 is 18.8 Å². The zero-order valence-electron chi connectivity index (χ0n) is 11.1. The standard InChI is InChI=1S/C12H18N2O4/c1-5-17-12(16)10-8(4)14-18-11(10)13-9(15)6-7(2)3/h7H,5-6H2,1-4H3,(H,13,15). The first-order valence-corrected chi connectivity index (χ1v) is 5.88. The predicted octanol–water partition coefficient (Wildman–Crippen LogP) is 2.14. The van der Waals surface area contributed by atoms with Crippen LogP contribution in [0.3, 0.4) is 0 Å². The van der Waals surface area contributed by atoms with Crippen molar-refractivity contribution in [1.82, 2.24) is 5.16 Å². The van der Waals surface area contributed by atoms with Gasteiger partial charge in [0.2, 0.25) is 11.8 Å². The van der Waals surface area contributed by atoms with E-state index in [-0.39, 0.29) is 29.9 Å². The molecule has 1 amide bonds. The summed E-state index contributed by atoms with van der Waals surface area (Å²) in [4.78, 5) is 23.3. The van der Waals surface area contributed by atoms with Crippen molar-refractivity contribution in [3.8, 4) is 0 Å². The first-order valence-electron chi connectivity index (χ1n) is 5.88. The number of amides is 1. The van der Waals surface area contributed by atoms with Gasteiger partial charge in [0.25, 0.3) is 0 Å². The molecule has 1 N–H and O–H groups in total. The number of nitrogens with zero attached hydrogens (tertiary/aromatic N) is 1. The fraction of sp³-hybridized carbons (Fsp3) is 0.583. The quantitative estimate of drug-likeness (QED) is 0.814. The molecule has 0 saturated carbocycles. The lowest BCUT2D eigenvalue weighted by Crippen LogP contribution is -2.16. The molecule has 0 aliphatic rings. The second-order valence-corrected chi connectivity index (χ2v) is 4.34. The van der Waals surface area contributed by atoms with E-state index in [1.54, 1.807) is 13.8 Å². The largest absolute Gasteiger partial charge is 0.462 e. The van der Waals surface area contributed by atoms with E-state index in [1.165, 1.54) is 0 Å². The molecule has 0 atom stereocenters. The van der Waals surface area contributed by atoms with E-state index in [0.717, 1.165) is 0 Å². The average molecular weight is 254 g/mol. The highest BCUT2D eigenvalue weighted by molar-refractivity contribution is 6.00. The number of esters is 1. The van der Waals surface area contributed by atoms with E-state index in [2.05, 4.69) is 10.5 Å². The Morgan fingerprint density at radius 2 is 2.11 bits per heavy atom. The molecule has 6 nitrogen and oxygen atoms in total. The summed E-state index contributed by atoms with van der Waals surface area (Å²) in [5.74, 6) is -0.487. The molecule has 1 aromatic rings. The fourth-order valence-corrected chi connectivity index (χ4v) is 1.45. The van der Waals surface area contributed by atoms with Gasteiger partial charge in [-0.1, -0.05) is 19.0 Å². The van der Waals surface area contributed by atoms with Gasteiger partial charge in [-0.05, 0) is 19.8 Å². The molecule has 0 saturated heterocycles. The summed E-state index contributed by atoms with van der Waals surface area (Å²) >= 11 is 0. The molecule has 1 heterocycles. The van der Waals surface area contributed by atoms with Crippen molar-refractivity contribution in [3.05, 3.63) is 11.3 Å². The normalized spacial score (nSPS) is 10.5. The second-order valence-electron chi connectivity index (χ2n) is 4.34. The molecule has 0 aromatic carbocycles. The highest BCUT2D eigenvalue weighted by atomic mass is 16.5. The van der Waals surface area contributed by atoms with Crippen LogP contribution in [0, 0.1) is 12.8 Å². The van der Waals surface area contributed by atoms with Crippen LogP contribution < -0.4 is 5.32 Å². The molecular formula is C12H18N2O4. The van der Waals surface area contributed by atoms with Crippen LogP contribution in [0.4, 0.5) is 5.88 Å². The van der Waals surface area contributed by atoms with Crippen LogP contribution in [-0.2, 0) is 9.53 Å². The van der Waals surface area contributed by atoms with Gasteiger partial charge in [-0.3, -0.25) is 10.1 Å². The summed E-state index contributed by atoms with van der Waals surface area (Å²) in [6.07, 6.45) is 0.349. The lowest BCUT2D eigenvalue weighted by Gasteiger charge is -2.06. The van der Waals surface area contributed by atoms with Crippen LogP contribution in [0.15, 0.2) is 4.52 Å². The van der Waals surface area contributed by atoms with Crippen molar-refractivity contribution >= 4 is 17.8 Å². The maximum Gasteiger partial charge on any atom is 0.345 e. The van der Waals surface area contributed by atoms with Crippen LogP contribution in [0.1, 0.15) is 43.2 Å². The Labute approximate surface area is 106 Å². The Morgan fingerprint density at radius 1 is 1.44 bits per heavy atom. The summed E-state index contributed by atoms with van der Waals surface area (Å²) < 4.78 is 9.81. The minimum absolute atomic E-state index is 0.0524. The van der Waals surface area contributed by atoms with E-state index < -0.39 is 5.97 Å². The van der Waals surface area contributed by atoms with Gasteiger partial charge in [0.15, 0.2) is 0 Å². The number of aryl methyl sites for hydroxylation is 1. The van der Waals surface area contributed by atoms with Crippen molar-refractivity contribution in [1.29, 1.82) is 0 Å². The van der Waals surface area contributed by atoms with E-state index in [4.69, 9.17) is 9.26 Å². The Kier molecular flexibility index (Phi) is 4.88. The lowest BCUT2D eigenvalue weighted by atomic mass is 10.1. The van der Waals surface area contributed by atoms with Crippen molar-refractivity contribution in [2.75, 3.05) is 11.9 Å². The fourth-order valence-electron chi connectivity index (χ4n) is 1.45. The van der Waals surface area contributed by atoms with Crippen LogP contribution in [0.5, 0.6) is 0 Å². The predicted molar refractivity (Wildman–Crippen MR) is 65.3 cm³/mol. The zero-order valence-corrected chi connectivity index (χ0v) is 11.1. The third kappa shape index (κ3) is 3.58. The smallest absolute Gasteiger partial charge is 0.345 e. The van der Waals surface area contributed by atoms with Crippen molar-refractivity contribution in [3.63, 3.8) is 0 Å². The first kappa shape index (κ1) is 14.2. The second kappa shape index (κ2) is 6.18. The number of aromatic nitrogens is 1. The van der Waals surface area contributed by atoms with Gasteiger partial charge >= 0.3 is 5.97 Å². The van der Waals surface area contributed by atoms with E-state index >= 15 is 0 Å². The number of carbonyl (C=O) groups is 2. The van der Waals surface area contributed by atoms with E-state index in [9.17, 15) is 9.59 Å². The highest BCUT2D eigenvalue weighted by Crippen LogP contribution is 2.20. The molecule has 6 heteroatoms. The monoisotopic (exact) mass is 254 g/mol. The molecule has 0 fully saturated rings. The lowest BCUT2D eigenvalue weighted by molar-refractivity contribution is -0.117. The number of nitrogens with one attached hydrogen (secondary N) is 1. The number of anilines is 1. The van der Waals surface area contributed by atoms with Gasteiger partial charge in [-0.15, -0.1) is 0 Å². The number of hydrogen-bond donors (Lipinski definition) is 1. The van der Waals surface area contributed by atoms with Gasteiger partial charge in [-0.2, -0.15) is 0 Å². The Balaban J connectivity index is 2.83. The van der Waals surface area contributed by atoms with Crippen molar-refractivity contribution in [2.24, 2.45) is 5.92 Å². The SMILES string of the molecule is CCOC(=O)c1c(C)noc1NC(=O)CC(C)C. The molecule has 0 bridgehead atoms. The van der Waals surface area contributed by atoms with Crippen molar-refractivity contribution in [2.45, 2.75) is 34.1 Å². The molecule has 100 valence electrons. The molecule has 0 aliphatic heterocycles. The summed E-state index contributed by atoms with van der Waals surface area (Å²) in [6.45, 7) is 7.43. The van der Waals surface area contributed by atoms with Crippen LogP contribution >= 0.6 is 0 Å². The van der Waals surface area contributed by atoms with Crippen LogP contribution in [-0.4, -0.2) is 23.6 Å². The maximum atomic E-state index is 11.7. The third-order valence-corrected chi connectivity index (χ3v) is 2.19. The number of ether oxygens (including phenoxy) is 1. The Morgan fingerprint density at radius 3 is 2.67 bits per heavy atom. The number of carbonyl (C=O) groups excluding carboxylic acids is 2. The number of rotatable bonds is 5. The summed E-state index contributed by atoms with van der Waals surface area (Å²) in [5, 5.41) is 6.19. The topological polar surface area (TPSA) is 81.4 Å². The highest BCUT2D eigenvalue weighted by Gasteiger charge is 2.23. The van der Waals surface area contributed by atoms with Gasteiger partial charge in [-0.25, -0.2) is 4.79 Å². The van der Waals surface area contributed by atoms with Crippen LogP contribution in [0.2, 0.25) is 0 Å². The van der Waals surface area contributed by atoms with Gasteiger partial charge in [0.05, 0.1) is 12.3 Å². The molecular weight excluding hydrogens is 236 g/mol. The van der Waals surface area contributed by atoms with Gasteiger partial charge < -0.3 is 9.26 Å². The summed E-state index contributed by atoms with van der Waals surface area (Å²) in [6, 6.07) is 0. The summed E-state index contributed by atoms with van der Waals surface area (Å²) in [5.41, 5.74) is 0.572. The average Bonchev–Trinajstić information content (AvgIpc) is 2.58. The molecule has 1 rings (SSSR count). The van der Waals surface area contributed by atoms with E-state index in [1.807, 2.05) is 13.8 Å². The van der Waals surface area contributed by atoms with Crippen LogP contribution in [0.25, 0.3) is 0 Å². The molecule has 0 aliphatic carbocycles. The van der Waals surface area contributed by atoms with Gasteiger partial charge in [0.1, 0.15) is 5.56 Å². The molecule has 1 aromatic heterocycles. The molecule has 0 spiro atoms. The molecule has 0 unspecified atom stereocenters. The zero-order chi connectivity index (χ0) is 13.7. The first-order chi connectivity index (χ1) is 8.45. The summed E-state index contributed by atoms with van der Waals surface area (Å²) in [7, 11) is 0. The minimum atomic E-state index is -0.545. The van der Waals surface area contributed by atoms with Gasteiger partial charge in [0, 0.05) is 6.42 Å². The third-order valence-electron chi connectivity index (χ3n) is 2.19. The maximum absolute atomic E-state index is 11.7. The minimum Gasteiger partial charge on any atom is -0.462 e. The molecule has 0 radical (unpaired) electrons. The Hall–Kier alpha value is -1.85.